The Labute approximate surface area is 100 Å². The minimum atomic E-state index is -0.585. The number of oxazole rings is 1. The van der Waals surface area contributed by atoms with Crippen LogP contribution in [0.4, 0.5) is 0 Å². The van der Waals surface area contributed by atoms with Crippen molar-refractivity contribution in [2.24, 2.45) is 5.92 Å². The summed E-state index contributed by atoms with van der Waals surface area (Å²) in [6.45, 7) is 0. The third-order valence-corrected chi connectivity index (χ3v) is 3.54. The van der Waals surface area contributed by atoms with E-state index in [1.807, 2.05) is 0 Å². The zero-order valence-electron chi connectivity index (χ0n) is 9.54. The third kappa shape index (κ3) is 1.98. The lowest BCUT2D eigenvalue weighted by Gasteiger charge is -2.26. The van der Waals surface area contributed by atoms with E-state index in [4.69, 9.17) is 4.42 Å². The number of hydrogen-bond acceptors (Lipinski definition) is 3. The Morgan fingerprint density at radius 3 is 2.88 bits per heavy atom. The zero-order valence-corrected chi connectivity index (χ0v) is 9.54. The second-order valence-electron chi connectivity index (χ2n) is 4.59. The van der Waals surface area contributed by atoms with E-state index in [1.54, 1.807) is 6.20 Å². The van der Waals surface area contributed by atoms with Gasteiger partial charge in [-0.05, 0) is 36.3 Å². The van der Waals surface area contributed by atoms with Gasteiger partial charge < -0.3 is 9.52 Å². The molecule has 88 valence electrons. The van der Waals surface area contributed by atoms with Crippen molar-refractivity contribution in [2.45, 2.75) is 25.4 Å². The quantitative estimate of drug-likeness (QED) is 0.860. The van der Waals surface area contributed by atoms with Crippen LogP contribution in [0.25, 0.3) is 0 Å². The number of aliphatic hydroxyl groups is 1. The predicted molar refractivity (Wildman–Crippen MR) is 63.4 cm³/mol. The molecule has 0 spiro atoms. The Kier molecular flexibility index (Phi) is 2.69. The summed E-state index contributed by atoms with van der Waals surface area (Å²) >= 11 is 0. The first-order chi connectivity index (χ1) is 8.34. The summed E-state index contributed by atoms with van der Waals surface area (Å²) < 4.78 is 5.18. The maximum absolute atomic E-state index is 10.2. The van der Waals surface area contributed by atoms with Gasteiger partial charge in [0, 0.05) is 0 Å². The van der Waals surface area contributed by atoms with Gasteiger partial charge in [-0.25, -0.2) is 4.98 Å². The van der Waals surface area contributed by atoms with E-state index in [-0.39, 0.29) is 5.92 Å². The second-order valence-corrected chi connectivity index (χ2v) is 4.59. The van der Waals surface area contributed by atoms with Crippen molar-refractivity contribution in [3.8, 4) is 0 Å². The maximum atomic E-state index is 10.2. The molecule has 2 aromatic rings. The summed E-state index contributed by atoms with van der Waals surface area (Å²) in [4.78, 5) is 4.03. The van der Waals surface area contributed by atoms with Crippen LogP contribution in [-0.4, -0.2) is 10.1 Å². The molecule has 1 aromatic heterocycles. The lowest BCUT2D eigenvalue weighted by Crippen LogP contribution is -2.21. The fraction of sp³-hybridized carbons (Fsp3) is 0.357. The van der Waals surface area contributed by atoms with Gasteiger partial charge in [0.2, 0.25) is 5.89 Å². The molecule has 0 bridgehead atoms. The van der Waals surface area contributed by atoms with Crippen LogP contribution >= 0.6 is 0 Å². The minimum absolute atomic E-state index is 0.212. The lowest BCUT2D eigenvalue weighted by molar-refractivity contribution is 0.0731. The van der Waals surface area contributed by atoms with Gasteiger partial charge in [0.05, 0.1) is 6.20 Å². The van der Waals surface area contributed by atoms with Crippen LogP contribution in [0.2, 0.25) is 0 Å². The Morgan fingerprint density at radius 1 is 1.29 bits per heavy atom. The number of aryl methyl sites for hydroxylation is 1. The number of aliphatic hydroxyl groups excluding tert-OH is 1. The van der Waals surface area contributed by atoms with E-state index in [0.29, 0.717) is 5.89 Å². The molecule has 3 rings (SSSR count). The van der Waals surface area contributed by atoms with Crippen LogP contribution in [-0.2, 0) is 12.8 Å². The molecular formula is C14H15NO2. The molecule has 1 aromatic carbocycles. The predicted octanol–water partition coefficient (Wildman–Crippen LogP) is 2.51. The third-order valence-electron chi connectivity index (χ3n) is 3.54. The molecule has 3 nitrogen and oxygen atoms in total. The normalized spacial score (nSPS) is 20.9. The van der Waals surface area contributed by atoms with Crippen molar-refractivity contribution < 1.29 is 9.52 Å². The van der Waals surface area contributed by atoms with Crippen molar-refractivity contribution in [3.63, 3.8) is 0 Å². The van der Waals surface area contributed by atoms with E-state index >= 15 is 0 Å². The van der Waals surface area contributed by atoms with Gasteiger partial charge in [0.25, 0.3) is 0 Å². The molecule has 3 heteroatoms. The van der Waals surface area contributed by atoms with Gasteiger partial charge >= 0.3 is 0 Å². The van der Waals surface area contributed by atoms with E-state index in [2.05, 4.69) is 29.2 Å². The van der Waals surface area contributed by atoms with Crippen LogP contribution in [0.3, 0.4) is 0 Å². The second kappa shape index (κ2) is 4.34. The van der Waals surface area contributed by atoms with Crippen LogP contribution < -0.4 is 0 Å². The summed E-state index contributed by atoms with van der Waals surface area (Å²) in [6.07, 6.45) is 5.42. The van der Waals surface area contributed by atoms with Gasteiger partial charge in [0.15, 0.2) is 0 Å². The molecule has 0 radical (unpaired) electrons. The summed E-state index contributed by atoms with van der Waals surface area (Å²) in [5, 5.41) is 10.2. The summed E-state index contributed by atoms with van der Waals surface area (Å²) in [7, 11) is 0. The molecule has 2 unspecified atom stereocenters. The minimum Gasteiger partial charge on any atom is -0.446 e. The molecular weight excluding hydrogens is 214 g/mol. The first kappa shape index (κ1) is 10.5. The fourth-order valence-electron chi connectivity index (χ4n) is 2.58. The molecule has 1 aliphatic carbocycles. The SMILES string of the molecule is OC(c1ncco1)C1CCc2ccccc2C1. The highest BCUT2D eigenvalue weighted by atomic mass is 16.4. The molecule has 0 aliphatic heterocycles. The highest BCUT2D eigenvalue weighted by Gasteiger charge is 2.28. The van der Waals surface area contributed by atoms with E-state index in [9.17, 15) is 5.11 Å². The molecule has 17 heavy (non-hydrogen) atoms. The van der Waals surface area contributed by atoms with Crippen LogP contribution in [0, 0.1) is 5.92 Å². The maximum Gasteiger partial charge on any atom is 0.223 e. The smallest absolute Gasteiger partial charge is 0.223 e. The zero-order chi connectivity index (χ0) is 11.7. The molecule has 1 heterocycles. The monoisotopic (exact) mass is 229 g/mol. The highest BCUT2D eigenvalue weighted by molar-refractivity contribution is 5.30. The molecule has 0 saturated carbocycles. The summed E-state index contributed by atoms with van der Waals surface area (Å²) in [5.74, 6) is 0.651. The Morgan fingerprint density at radius 2 is 2.12 bits per heavy atom. The fourth-order valence-corrected chi connectivity index (χ4v) is 2.58. The van der Waals surface area contributed by atoms with Crippen LogP contribution in [0.5, 0.6) is 0 Å². The van der Waals surface area contributed by atoms with Gasteiger partial charge in [-0.3, -0.25) is 0 Å². The Balaban J connectivity index is 1.80. The number of aromatic nitrogens is 1. The summed E-state index contributed by atoms with van der Waals surface area (Å²) in [5.41, 5.74) is 2.75. The standard InChI is InChI=1S/C14H15NO2/c16-13(14-15-7-8-17-14)12-6-5-10-3-1-2-4-11(10)9-12/h1-4,7-8,12-13,16H,5-6,9H2. The lowest BCUT2D eigenvalue weighted by atomic mass is 9.81. The first-order valence-electron chi connectivity index (χ1n) is 5.99. The number of nitrogens with zero attached hydrogens (tertiary/aromatic N) is 1. The molecule has 0 amide bonds. The van der Waals surface area contributed by atoms with Gasteiger partial charge in [0.1, 0.15) is 12.4 Å². The van der Waals surface area contributed by atoms with E-state index in [1.165, 1.54) is 17.4 Å². The molecule has 1 aliphatic rings. The molecule has 0 saturated heterocycles. The molecule has 0 fully saturated rings. The van der Waals surface area contributed by atoms with E-state index < -0.39 is 6.10 Å². The van der Waals surface area contributed by atoms with Gasteiger partial charge in [-0.15, -0.1) is 0 Å². The molecule has 2 atom stereocenters. The average Bonchev–Trinajstić information content (AvgIpc) is 2.91. The van der Waals surface area contributed by atoms with Crippen molar-refractivity contribution in [2.75, 3.05) is 0 Å². The topological polar surface area (TPSA) is 46.3 Å². The highest BCUT2D eigenvalue weighted by Crippen LogP contribution is 2.33. The average molecular weight is 229 g/mol. The van der Waals surface area contributed by atoms with Gasteiger partial charge in [-0.2, -0.15) is 0 Å². The number of benzene rings is 1. The Hall–Kier alpha value is -1.61. The number of rotatable bonds is 2. The van der Waals surface area contributed by atoms with Crippen LogP contribution in [0.15, 0.2) is 41.1 Å². The van der Waals surface area contributed by atoms with Gasteiger partial charge in [-0.1, -0.05) is 24.3 Å². The molecule has 1 N–H and O–H groups in total. The van der Waals surface area contributed by atoms with Crippen molar-refractivity contribution in [1.29, 1.82) is 0 Å². The van der Waals surface area contributed by atoms with Crippen LogP contribution in [0.1, 0.15) is 29.5 Å². The van der Waals surface area contributed by atoms with Crippen molar-refractivity contribution in [1.82, 2.24) is 4.98 Å². The summed E-state index contributed by atoms with van der Waals surface area (Å²) in [6, 6.07) is 8.44. The van der Waals surface area contributed by atoms with E-state index in [0.717, 1.165) is 19.3 Å². The largest absolute Gasteiger partial charge is 0.446 e. The Bertz CT molecular complexity index is 493. The van der Waals surface area contributed by atoms with Crippen molar-refractivity contribution in [3.05, 3.63) is 53.7 Å². The number of hydrogen-bond donors (Lipinski definition) is 1. The van der Waals surface area contributed by atoms with Crippen molar-refractivity contribution >= 4 is 0 Å². The first-order valence-corrected chi connectivity index (χ1v) is 5.99. The number of fused-ring (bicyclic) bond motifs is 1.